The fraction of sp³-hybridized carbons (Fsp3) is 0.346. The minimum Gasteiger partial charge on any atom is -0.495 e. The van der Waals surface area contributed by atoms with E-state index in [1.54, 1.807) is 23.9 Å². The molecule has 0 radical (unpaired) electrons. The SMILES string of the molecule is COc1cc2ncc(-c3cc(Oc4ccccc4)cc(N[C@H]4CNCC[C@@H]4F)n3)n2nc1C1CC1. The molecule has 1 aliphatic carbocycles. The van der Waals surface area contributed by atoms with Crippen molar-refractivity contribution in [1.82, 2.24) is 24.9 Å². The van der Waals surface area contributed by atoms with E-state index in [1.165, 1.54) is 0 Å². The van der Waals surface area contributed by atoms with Crippen molar-refractivity contribution in [3.8, 4) is 28.6 Å². The molecule has 4 aromatic rings. The van der Waals surface area contributed by atoms with Gasteiger partial charge >= 0.3 is 0 Å². The van der Waals surface area contributed by atoms with Crippen molar-refractivity contribution in [1.29, 1.82) is 0 Å². The number of benzene rings is 1. The molecule has 3 aromatic heterocycles. The van der Waals surface area contributed by atoms with Crippen LogP contribution in [0.3, 0.4) is 0 Å². The van der Waals surface area contributed by atoms with Crippen LogP contribution in [-0.2, 0) is 0 Å². The Hall–Kier alpha value is -3.72. The molecule has 9 heteroatoms. The number of hydrogen-bond donors (Lipinski definition) is 2. The summed E-state index contributed by atoms with van der Waals surface area (Å²) >= 11 is 0. The van der Waals surface area contributed by atoms with E-state index in [0.29, 0.717) is 54.1 Å². The van der Waals surface area contributed by atoms with Gasteiger partial charge in [-0.15, -0.1) is 0 Å². The zero-order valence-corrected chi connectivity index (χ0v) is 19.4. The number of aromatic nitrogens is 4. The van der Waals surface area contributed by atoms with Crippen LogP contribution in [0.4, 0.5) is 10.2 Å². The number of ether oxygens (including phenoxy) is 2. The van der Waals surface area contributed by atoms with Crippen molar-refractivity contribution >= 4 is 11.5 Å². The van der Waals surface area contributed by atoms with Gasteiger partial charge in [-0.3, -0.25) is 0 Å². The summed E-state index contributed by atoms with van der Waals surface area (Å²) in [5.74, 6) is 3.00. The number of alkyl halides is 1. The monoisotopic (exact) mass is 474 g/mol. The first-order chi connectivity index (χ1) is 17.2. The van der Waals surface area contributed by atoms with Crippen LogP contribution in [0.25, 0.3) is 17.0 Å². The molecule has 35 heavy (non-hydrogen) atoms. The van der Waals surface area contributed by atoms with Gasteiger partial charge in [0.2, 0.25) is 0 Å². The summed E-state index contributed by atoms with van der Waals surface area (Å²) < 4.78 is 28.1. The summed E-state index contributed by atoms with van der Waals surface area (Å²) in [7, 11) is 1.66. The van der Waals surface area contributed by atoms with Crippen molar-refractivity contribution < 1.29 is 13.9 Å². The minimum atomic E-state index is -0.953. The molecule has 2 aliphatic rings. The fourth-order valence-electron chi connectivity index (χ4n) is 4.44. The molecule has 0 unspecified atom stereocenters. The second kappa shape index (κ2) is 9.14. The lowest BCUT2D eigenvalue weighted by Crippen LogP contribution is -2.46. The van der Waals surface area contributed by atoms with Crippen LogP contribution in [-0.4, -0.2) is 52.0 Å². The molecule has 0 amide bonds. The zero-order valence-electron chi connectivity index (χ0n) is 19.4. The summed E-state index contributed by atoms with van der Waals surface area (Å²) in [6.45, 7) is 1.21. The van der Waals surface area contributed by atoms with Gasteiger partial charge in [-0.1, -0.05) is 18.2 Å². The first-order valence-corrected chi connectivity index (χ1v) is 12.0. The number of piperidine rings is 1. The van der Waals surface area contributed by atoms with Gasteiger partial charge in [-0.05, 0) is 37.9 Å². The van der Waals surface area contributed by atoms with Gasteiger partial charge in [0.25, 0.3) is 0 Å². The summed E-state index contributed by atoms with van der Waals surface area (Å²) in [4.78, 5) is 9.36. The number of methoxy groups -OCH3 is 1. The third-order valence-electron chi connectivity index (χ3n) is 6.44. The van der Waals surface area contributed by atoms with E-state index >= 15 is 0 Å². The Kier molecular flexibility index (Phi) is 5.69. The number of rotatable bonds is 7. The number of imidazole rings is 1. The Morgan fingerprint density at radius 3 is 2.71 bits per heavy atom. The van der Waals surface area contributed by atoms with Crippen molar-refractivity contribution in [3.63, 3.8) is 0 Å². The number of fused-ring (bicyclic) bond motifs is 1. The van der Waals surface area contributed by atoms with Gasteiger partial charge < -0.3 is 20.1 Å². The molecule has 2 atom stereocenters. The molecule has 2 N–H and O–H groups in total. The van der Waals surface area contributed by atoms with Crippen molar-refractivity contribution in [2.45, 2.75) is 37.4 Å². The third kappa shape index (κ3) is 4.51. The van der Waals surface area contributed by atoms with E-state index in [9.17, 15) is 4.39 Å². The average molecular weight is 475 g/mol. The summed E-state index contributed by atoms with van der Waals surface area (Å²) in [6, 6.07) is 14.7. The van der Waals surface area contributed by atoms with E-state index in [-0.39, 0.29) is 6.04 Å². The summed E-state index contributed by atoms with van der Waals surface area (Å²) in [5, 5.41) is 11.4. The average Bonchev–Trinajstić information content (AvgIpc) is 3.64. The topological polar surface area (TPSA) is 85.6 Å². The van der Waals surface area contributed by atoms with Crippen LogP contribution in [0.5, 0.6) is 17.2 Å². The molecule has 1 aliphatic heterocycles. The maximum atomic E-state index is 14.6. The quantitative estimate of drug-likeness (QED) is 0.405. The number of nitrogens with one attached hydrogen (secondary N) is 2. The van der Waals surface area contributed by atoms with Crippen LogP contribution in [0.15, 0.2) is 54.7 Å². The van der Waals surface area contributed by atoms with Crippen LogP contribution in [0.2, 0.25) is 0 Å². The van der Waals surface area contributed by atoms with Gasteiger partial charge in [-0.2, -0.15) is 5.10 Å². The van der Waals surface area contributed by atoms with Gasteiger partial charge in [0.05, 0.1) is 25.0 Å². The molecule has 6 rings (SSSR count). The van der Waals surface area contributed by atoms with Crippen LogP contribution in [0.1, 0.15) is 30.9 Å². The molecule has 180 valence electrons. The maximum absolute atomic E-state index is 14.6. The number of hydrogen-bond acceptors (Lipinski definition) is 7. The Labute approximate surface area is 202 Å². The Morgan fingerprint density at radius 1 is 1.09 bits per heavy atom. The lowest BCUT2D eigenvalue weighted by Gasteiger charge is -2.28. The summed E-state index contributed by atoms with van der Waals surface area (Å²) in [5.41, 5.74) is 2.96. The highest BCUT2D eigenvalue weighted by Gasteiger charge is 2.30. The molecule has 0 spiro atoms. The van der Waals surface area contributed by atoms with Crippen LogP contribution in [0, 0.1) is 0 Å². The van der Waals surface area contributed by atoms with Gasteiger partial charge in [0, 0.05) is 30.7 Å². The molecular formula is C26H27FN6O2. The molecule has 1 saturated heterocycles. The fourth-order valence-corrected chi connectivity index (χ4v) is 4.44. The van der Waals surface area contributed by atoms with Gasteiger partial charge in [-0.25, -0.2) is 18.9 Å². The number of para-hydroxylation sites is 1. The first-order valence-electron chi connectivity index (χ1n) is 12.0. The lowest BCUT2D eigenvalue weighted by atomic mass is 10.1. The predicted molar refractivity (Wildman–Crippen MR) is 131 cm³/mol. The number of anilines is 1. The number of pyridine rings is 1. The maximum Gasteiger partial charge on any atom is 0.157 e. The van der Waals surface area contributed by atoms with Crippen LogP contribution >= 0.6 is 0 Å². The minimum absolute atomic E-state index is 0.373. The highest BCUT2D eigenvalue weighted by Crippen LogP contribution is 2.43. The lowest BCUT2D eigenvalue weighted by molar-refractivity contribution is 0.241. The summed E-state index contributed by atoms with van der Waals surface area (Å²) in [6.07, 6.45) is 3.47. The van der Waals surface area contributed by atoms with Crippen LogP contribution < -0.4 is 20.1 Å². The van der Waals surface area contributed by atoms with Gasteiger partial charge in [0.15, 0.2) is 5.65 Å². The smallest absolute Gasteiger partial charge is 0.157 e. The second-order valence-corrected chi connectivity index (χ2v) is 9.03. The standard InChI is InChI=1S/C26H27FN6O2/c1-34-23-13-25-29-15-22(33(25)32-26(23)16-7-8-16)20-11-18(35-17-5-3-2-4-6-17)12-24(30-20)31-21-14-28-10-9-19(21)27/h2-6,11-13,15-16,19,21,28H,7-10,14H2,1H3,(H,30,31)/t19-,21-/m0/s1. The Morgan fingerprint density at radius 2 is 1.94 bits per heavy atom. The second-order valence-electron chi connectivity index (χ2n) is 9.03. The molecular weight excluding hydrogens is 447 g/mol. The Balaban J connectivity index is 1.42. The largest absolute Gasteiger partial charge is 0.495 e. The predicted octanol–water partition coefficient (Wildman–Crippen LogP) is 4.58. The number of halogens is 1. The van der Waals surface area contributed by atoms with Crippen molar-refractivity contribution in [2.75, 3.05) is 25.5 Å². The van der Waals surface area contributed by atoms with E-state index in [0.717, 1.165) is 30.0 Å². The van der Waals surface area contributed by atoms with Crippen molar-refractivity contribution in [2.24, 2.45) is 0 Å². The van der Waals surface area contributed by atoms with Crippen molar-refractivity contribution in [3.05, 3.63) is 60.4 Å². The number of nitrogens with zero attached hydrogens (tertiary/aromatic N) is 4. The molecule has 1 saturated carbocycles. The van der Waals surface area contributed by atoms with Gasteiger partial charge in [0.1, 0.15) is 40.6 Å². The van der Waals surface area contributed by atoms with E-state index < -0.39 is 6.17 Å². The molecule has 2 fully saturated rings. The first kappa shape index (κ1) is 21.8. The Bertz CT molecular complexity index is 1340. The highest BCUT2D eigenvalue weighted by molar-refractivity contribution is 5.65. The molecule has 8 nitrogen and oxygen atoms in total. The molecule has 1 aromatic carbocycles. The van der Waals surface area contributed by atoms with E-state index in [2.05, 4.69) is 15.6 Å². The highest BCUT2D eigenvalue weighted by atomic mass is 19.1. The third-order valence-corrected chi connectivity index (χ3v) is 6.44. The molecule has 4 heterocycles. The zero-order chi connectivity index (χ0) is 23.8. The molecule has 0 bridgehead atoms. The van der Waals surface area contributed by atoms with E-state index in [1.807, 2.05) is 42.5 Å². The van der Waals surface area contributed by atoms with E-state index in [4.69, 9.17) is 19.6 Å². The normalized spacial score (nSPS) is 20.1.